The fourth-order valence-corrected chi connectivity index (χ4v) is 2.50. The van der Waals surface area contributed by atoms with Crippen LogP contribution in [0.2, 0.25) is 0 Å². The highest BCUT2D eigenvalue weighted by atomic mass is 79.9. The van der Waals surface area contributed by atoms with E-state index in [-0.39, 0.29) is 11.3 Å². The lowest BCUT2D eigenvalue weighted by Gasteiger charge is -2.07. The molecule has 0 radical (unpaired) electrons. The van der Waals surface area contributed by atoms with E-state index in [0.717, 1.165) is 5.56 Å². The number of benzene rings is 2. The summed E-state index contributed by atoms with van der Waals surface area (Å²) >= 11 is 3.19. The van der Waals surface area contributed by atoms with Crippen molar-refractivity contribution in [1.29, 1.82) is 0 Å². The van der Waals surface area contributed by atoms with Gasteiger partial charge in [-0.25, -0.2) is 4.39 Å². The van der Waals surface area contributed by atoms with Crippen LogP contribution in [0.4, 0.5) is 4.39 Å². The Balaban J connectivity index is 2.10. The highest BCUT2D eigenvalue weighted by molar-refractivity contribution is 9.10. The van der Waals surface area contributed by atoms with Gasteiger partial charge in [0.25, 0.3) is 0 Å². The van der Waals surface area contributed by atoms with Crippen LogP contribution in [0.3, 0.4) is 0 Å². The van der Waals surface area contributed by atoms with Crippen molar-refractivity contribution in [2.24, 2.45) is 0 Å². The fourth-order valence-electron chi connectivity index (χ4n) is 2.17. The van der Waals surface area contributed by atoms with Gasteiger partial charge in [-0.1, -0.05) is 39.7 Å². The molecule has 104 valence electrons. The van der Waals surface area contributed by atoms with E-state index in [9.17, 15) is 9.18 Å². The molecule has 0 unspecified atom stereocenters. The monoisotopic (exact) mass is 334 g/mol. The Kier molecular flexibility index (Phi) is 4.71. The molecule has 2 aromatic rings. The van der Waals surface area contributed by atoms with Crippen molar-refractivity contribution in [3.8, 4) is 0 Å². The molecule has 0 spiro atoms. The van der Waals surface area contributed by atoms with E-state index < -0.39 is 5.82 Å². The molecule has 0 aliphatic heterocycles. The fraction of sp³-hybridized carbons (Fsp3) is 0.235. The molecule has 0 aliphatic rings. The van der Waals surface area contributed by atoms with Gasteiger partial charge < -0.3 is 0 Å². The summed E-state index contributed by atoms with van der Waals surface area (Å²) in [4.78, 5) is 12.1. The first-order valence-corrected chi connectivity index (χ1v) is 7.31. The number of Topliss-reactive ketones (excluding diaryl/α,β-unsaturated/α-hetero) is 1. The van der Waals surface area contributed by atoms with Gasteiger partial charge in [0.15, 0.2) is 5.78 Å². The van der Waals surface area contributed by atoms with Crippen LogP contribution < -0.4 is 0 Å². The van der Waals surface area contributed by atoms with Gasteiger partial charge in [-0.3, -0.25) is 4.79 Å². The number of hydrogen-bond acceptors (Lipinski definition) is 1. The van der Waals surface area contributed by atoms with Gasteiger partial charge in [-0.15, -0.1) is 0 Å². The van der Waals surface area contributed by atoms with E-state index >= 15 is 0 Å². The van der Waals surface area contributed by atoms with Crippen LogP contribution in [-0.2, 0) is 6.42 Å². The number of aryl methyl sites for hydroxylation is 3. The van der Waals surface area contributed by atoms with E-state index in [1.165, 1.54) is 23.3 Å². The van der Waals surface area contributed by atoms with Crippen molar-refractivity contribution in [2.75, 3.05) is 0 Å². The minimum absolute atomic E-state index is 0.157. The van der Waals surface area contributed by atoms with Crippen LogP contribution in [0.15, 0.2) is 40.9 Å². The molecule has 0 atom stereocenters. The number of hydrogen-bond donors (Lipinski definition) is 0. The van der Waals surface area contributed by atoms with E-state index in [2.05, 4.69) is 34.1 Å². The molecular weight excluding hydrogens is 319 g/mol. The van der Waals surface area contributed by atoms with Gasteiger partial charge >= 0.3 is 0 Å². The molecule has 0 saturated carbocycles. The van der Waals surface area contributed by atoms with Crippen molar-refractivity contribution in [2.45, 2.75) is 26.7 Å². The summed E-state index contributed by atoms with van der Waals surface area (Å²) in [5, 5.41) is 0. The molecule has 2 aromatic carbocycles. The quantitative estimate of drug-likeness (QED) is 0.717. The average Bonchev–Trinajstić information content (AvgIpc) is 2.39. The molecule has 2 rings (SSSR count). The average molecular weight is 335 g/mol. The van der Waals surface area contributed by atoms with Gasteiger partial charge in [-0.2, -0.15) is 0 Å². The van der Waals surface area contributed by atoms with Crippen molar-refractivity contribution >= 4 is 21.7 Å². The maximum Gasteiger partial charge on any atom is 0.166 e. The maximum atomic E-state index is 13.7. The van der Waals surface area contributed by atoms with Crippen molar-refractivity contribution < 1.29 is 9.18 Å². The molecule has 0 N–H and O–H groups in total. The Labute approximate surface area is 127 Å². The first-order chi connectivity index (χ1) is 9.47. The predicted octanol–water partition coefficient (Wildman–Crippen LogP) is 5.02. The molecule has 20 heavy (non-hydrogen) atoms. The Morgan fingerprint density at radius 3 is 2.60 bits per heavy atom. The minimum atomic E-state index is -0.467. The highest BCUT2D eigenvalue weighted by Crippen LogP contribution is 2.19. The lowest BCUT2D eigenvalue weighted by atomic mass is 9.98. The topological polar surface area (TPSA) is 17.1 Å². The smallest absolute Gasteiger partial charge is 0.166 e. The summed E-state index contributed by atoms with van der Waals surface area (Å²) in [7, 11) is 0. The summed E-state index contributed by atoms with van der Waals surface area (Å²) in [6.45, 7) is 4.05. The number of carbonyl (C=O) groups excluding carboxylic acids is 1. The molecule has 3 heteroatoms. The first kappa shape index (κ1) is 14.9. The zero-order valence-electron chi connectivity index (χ0n) is 11.5. The summed E-state index contributed by atoms with van der Waals surface area (Å²) < 4.78 is 14.4. The standard InChI is InChI=1S/C17H16BrFO/c1-11-3-4-12(2)13(9-11)5-8-17(20)15-7-6-14(18)10-16(15)19/h3-4,6-7,9-10H,5,8H2,1-2H3. The van der Waals surface area contributed by atoms with Crippen LogP contribution in [-0.4, -0.2) is 5.78 Å². The molecule has 0 fully saturated rings. The van der Waals surface area contributed by atoms with E-state index in [0.29, 0.717) is 17.3 Å². The first-order valence-electron chi connectivity index (χ1n) is 6.52. The largest absolute Gasteiger partial charge is 0.294 e. The zero-order valence-corrected chi connectivity index (χ0v) is 13.1. The Morgan fingerprint density at radius 2 is 1.90 bits per heavy atom. The molecular formula is C17H16BrFO. The SMILES string of the molecule is Cc1ccc(C)c(CCC(=O)c2ccc(Br)cc2F)c1. The van der Waals surface area contributed by atoms with Gasteiger partial charge in [0.05, 0.1) is 5.56 Å². The second-order valence-electron chi connectivity index (χ2n) is 4.98. The number of rotatable bonds is 4. The van der Waals surface area contributed by atoms with Crippen LogP contribution >= 0.6 is 15.9 Å². The van der Waals surface area contributed by atoms with Crippen LogP contribution in [0.5, 0.6) is 0 Å². The Bertz CT molecular complexity index is 649. The summed E-state index contributed by atoms with van der Waals surface area (Å²) in [5.41, 5.74) is 3.65. The lowest BCUT2D eigenvalue weighted by molar-refractivity contribution is 0.0979. The van der Waals surface area contributed by atoms with Gasteiger partial charge in [-0.05, 0) is 49.6 Å². The minimum Gasteiger partial charge on any atom is -0.294 e. The molecule has 0 aromatic heterocycles. The lowest BCUT2D eigenvalue weighted by Crippen LogP contribution is -2.05. The summed E-state index contributed by atoms with van der Waals surface area (Å²) in [5.74, 6) is -0.624. The second kappa shape index (κ2) is 6.31. The molecule has 0 heterocycles. The number of ketones is 1. The van der Waals surface area contributed by atoms with E-state index in [1.807, 2.05) is 13.8 Å². The van der Waals surface area contributed by atoms with Gasteiger partial charge in [0, 0.05) is 10.9 Å². The summed E-state index contributed by atoms with van der Waals surface area (Å²) in [6.07, 6.45) is 0.963. The third-order valence-corrected chi connectivity index (χ3v) is 3.85. The Hall–Kier alpha value is -1.48. The molecule has 1 nitrogen and oxygen atoms in total. The predicted molar refractivity (Wildman–Crippen MR) is 82.7 cm³/mol. The Morgan fingerprint density at radius 1 is 1.15 bits per heavy atom. The van der Waals surface area contributed by atoms with Crippen molar-refractivity contribution in [3.63, 3.8) is 0 Å². The number of carbonyl (C=O) groups is 1. The second-order valence-corrected chi connectivity index (χ2v) is 5.89. The highest BCUT2D eigenvalue weighted by Gasteiger charge is 2.12. The third-order valence-electron chi connectivity index (χ3n) is 3.36. The molecule has 0 saturated heterocycles. The summed E-state index contributed by atoms with van der Waals surface area (Å²) in [6, 6.07) is 10.7. The van der Waals surface area contributed by atoms with Crippen LogP contribution in [0.1, 0.15) is 33.5 Å². The van der Waals surface area contributed by atoms with Gasteiger partial charge in [0.2, 0.25) is 0 Å². The van der Waals surface area contributed by atoms with Crippen LogP contribution in [0, 0.1) is 19.7 Å². The molecule has 0 amide bonds. The molecule has 0 aliphatic carbocycles. The zero-order chi connectivity index (χ0) is 14.7. The van der Waals surface area contributed by atoms with Crippen LogP contribution in [0.25, 0.3) is 0 Å². The van der Waals surface area contributed by atoms with E-state index in [4.69, 9.17) is 0 Å². The van der Waals surface area contributed by atoms with Gasteiger partial charge in [0.1, 0.15) is 5.82 Å². The maximum absolute atomic E-state index is 13.7. The third kappa shape index (κ3) is 3.54. The molecule has 0 bridgehead atoms. The van der Waals surface area contributed by atoms with Crippen molar-refractivity contribution in [1.82, 2.24) is 0 Å². The normalized spacial score (nSPS) is 10.6. The van der Waals surface area contributed by atoms with E-state index in [1.54, 1.807) is 6.07 Å². The number of halogens is 2. The van der Waals surface area contributed by atoms with Crippen molar-refractivity contribution in [3.05, 3.63) is 68.9 Å².